The van der Waals surface area contributed by atoms with Crippen LogP contribution in [0, 0.1) is 0 Å². The number of para-hydroxylation sites is 2. The summed E-state index contributed by atoms with van der Waals surface area (Å²) in [5.41, 5.74) is 6.21. The van der Waals surface area contributed by atoms with Crippen molar-refractivity contribution in [1.82, 2.24) is 19.6 Å². The fourth-order valence-electron chi connectivity index (χ4n) is 4.99. The number of nitrogens with zero attached hydrogens (tertiary/aromatic N) is 5. The Balaban J connectivity index is 1.55. The van der Waals surface area contributed by atoms with Gasteiger partial charge in [-0.2, -0.15) is 15.2 Å². The average molecular weight is 647 g/mol. The Bertz CT molecular complexity index is 2140. The first-order valence-corrected chi connectivity index (χ1v) is 15.7. The molecule has 7 aromatic rings. The summed E-state index contributed by atoms with van der Waals surface area (Å²) in [6, 6.07) is 43.3. The lowest BCUT2D eigenvalue weighted by atomic mass is 10.0. The minimum Gasteiger partial charge on any atom is -0.497 e. The summed E-state index contributed by atoms with van der Waals surface area (Å²) in [6.45, 7) is 0. The highest BCUT2D eigenvalue weighted by atomic mass is 35.5. The van der Waals surface area contributed by atoms with Crippen molar-refractivity contribution in [2.45, 2.75) is 0 Å². The third-order valence-electron chi connectivity index (χ3n) is 7.21. The van der Waals surface area contributed by atoms with Crippen LogP contribution in [0.5, 0.6) is 5.75 Å². The van der Waals surface area contributed by atoms with Crippen molar-refractivity contribution in [2.24, 2.45) is 4.99 Å². The van der Waals surface area contributed by atoms with Crippen LogP contribution < -0.4 is 9.54 Å². The molecule has 0 unspecified atom stereocenters. The van der Waals surface area contributed by atoms with Crippen LogP contribution in [-0.2, 0) is 0 Å². The summed E-state index contributed by atoms with van der Waals surface area (Å²) in [4.78, 5) is 6.06. The zero-order chi connectivity index (χ0) is 30.8. The van der Waals surface area contributed by atoms with Crippen molar-refractivity contribution in [3.8, 4) is 50.1 Å². The fourth-order valence-corrected chi connectivity index (χ4v) is 6.15. The number of hydrogen-bond donors (Lipinski definition) is 0. The Hall–Kier alpha value is -4.95. The summed E-state index contributed by atoms with van der Waals surface area (Å²) < 4.78 is 9.23. The van der Waals surface area contributed by atoms with E-state index in [1.165, 1.54) is 11.3 Å². The van der Waals surface area contributed by atoms with E-state index in [2.05, 4.69) is 0 Å². The van der Waals surface area contributed by atoms with Crippen molar-refractivity contribution in [1.29, 1.82) is 0 Å². The third-order valence-corrected chi connectivity index (χ3v) is 8.67. The second-order valence-electron chi connectivity index (χ2n) is 10.1. The molecule has 6 nitrogen and oxygen atoms in total. The van der Waals surface area contributed by atoms with Crippen LogP contribution in [-0.4, -0.2) is 26.7 Å². The molecule has 0 spiro atoms. The Morgan fingerprint density at radius 3 is 1.71 bits per heavy atom. The molecule has 0 atom stereocenters. The molecule has 2 aromatic heterocycles. The van der Waals surface area contributed by atoms with Gasteiger partial charge in [-0.3, -0.25) is 0 Å². The van der Waals surface area contributed by atoms with Crippen molar-refractivity contribution in [3.05, 3.63) is 148 Å². The maximum absolute atomic E-state index is 6.29. The molecular formula is C36H25Cl2N5OS. The minimum absolute atomic E-state index is 0.653. The molecule has 5 aromatic carbocycles. The summed E-state index contributed by atoms with van der Waals surface area (Å²) in [5.74, 6) is 1.42. The van der Waals surface area contributed by atoms with Crippen LogP contribution in [0.1, 0.15) is 0 Å². The quantitative estimate of drug-likeness (QED) is 0.173. The molecule has 0 N–H and O–H groups in total. The number of halogens is 2. The van der Waals surface area contributed by atoms with E-state index in [1.807, 2.05) is 143 Å². The zero-order valence-electron chi connectivity index (χ0n) is 24.0. The summed E-state index contributed by atoms with van der Waals surface area (Å²) >= 11 is 14.0. The van der Waals surface area contributed by atoms with Crippen molar-refractivity contribution in [3.63, 3.8) is 0 Å². The average Bonchev–Trinajstić information content (AvgIpc) is 3.68. The molecule has 0 amide bonds. The maximum Gasteiger partial charge on any atom is 0.214 e. The molecule has 0 aliphatic carbocycles. The van der Waals surface area contributed by atoms with Gasteiger partial charge in [0.15, 0.2) is 5.82 Å². The Morgan fingerprint density at radius 2 is 1.13 bits per heavy atom. The van der Waals surface area contributed by atoms with Gasteiger partial charge in [0.2, 0.25) is 4.80 Å². The predicted octanol–water partition coefficient (Wildman–Crippen LogP) is 9.67. The van der Waals surface area contributed by atoms with E-state index in [9.17, 15) is 0 Å². The number of benzene rings is 5. The van der Waals surface area contributed by atoms with Crippen LogP contribution in [0.25, 0.3) is 44.3 Å². The lowest BCUT2D eigenvalue weighted by Gasteiger charge is -2.08. The van der Waals surface area contributed by atoms with Crippen LogP contribution in [0.3, 0.4) is 0 Å². The van der Waals surface area contributed by atoms with E-state index >= 15 is 0 Å². The standard InChI is InChI=1S/C36H25Cl2N5OS/c1-44-31-22-16-24(17-23-31)32-33(25-12-18-27(37)19-13-25)40-42(29-8-4-2-5-9-29)34(32)39-36-43(30-10-6-3-7-11-30)41-35(45-36)26-14-20-28(38)21-15-26/h2-23H,1H3. The van der Waals surface area contributed by atoms with Crippen LogP contribution in [0.4, 0.5) is 5.82 Å². The van der Waals surface area contributed by atoms with Gasteiger partial charge in [-0.15, -0.1) is 0 Å². The van der Waals surface area contributed by atoms with Crippen LogP contribution in [0.2, 0.25) is 10.0 Å². The van der Waals surface area contributed by atoms with Gasteiger partial charge < -0.3 is 4.74 Å². The van der Waals surface area contributed by atoms with E-state index in [-0.39, 0.29) is 0 Å². The van der Waals surface area contributed by atoms with Gasteiger partial charge in [0, 0.05) is 21.2 Å². The zero-order valence-corrected chi connectivity index (χ0v) is 26.3. The molecular weight excluding hydrogens is 621 g/mol. The maximum atomic E-state index is 6.29. The summed E-state index contributed by atoms with van der Waals surface area (Å²) in [7, 11) is 1.66. The Labute approximate surface area is 274 Å². The first-order valence-electron chi connectivity index (χ1n) is 14.1. The number of ether oxygens (including phenoxy) is 1. The first-order chi connectivity index (χ1) is 22.1. The number of methoxy groups -OCH3 is 1. The topological polar surface area (TPSA) is 57.2 Å². The molecule has 0 saturated carbocycles. The van der Waals surface area contributed by atoms with Crippen molar-refractivity contribution in [2.75, 3.05) is 7.11 Å². The molecule has 0 bridgehead atoms. The minimum atomic E-state index is 0.653. The highest BCUT2D eigenvalue weighted by Crippen LogP contribution is 2.41. The van der Waals surface area contributed by atoms with Gasteiger partial charge >= 0.3 is 0 Å². The number of aromatic nitrogens is 4. The first kappa shape index (κ1) is 28.8. The van der Waals surface area contributed by atoms with Crippen LogP contribution >= 0.6 is 34.5 Å². The molecule has 0 fully saturated rings. The van der Waals surface area contributed by atoms with Gasteiger partial charge in [-0.1, -0.05) is 107 Å². The highest BCUT2D eigenvalue weighted by molar-refractivity contribution is 7.12. The molecule has 0 saturated heterocycles. The SMILES string of the molecule is COc1ccc(-c2c(-c3ccc(Cl)cc3)nn(-c3ccccc3)c2N=c2sc(-c3ccc(Cl)cc3)nn2-c2ccccc2)cc1. The number of hydrogen-bond acceptors (Lipinski definition) is 5. The largest absolute Gasteiger partial charge is 0.497 e. The van der Waals surface area contributed by atoms with Gasteiger partial charge in [0.1, 0.15) is 16.5 Å². The smallest absolute Gasteiger partial charge is 0.214 e. The summed E-state index contributed by atoms with van der Waals surface area (Å²) in [5, 5.41) is 12.3. The lowest BCUT2D eigenvalue weighted by Crippen LogP contribution is -2.14. The van der Waals surface area contributed by atoms with E-state index in [0.29, 0.717) is 20.7 Å². The van der Waals surface area contributed by atoms with E-state index < -0.39 is 0 Å². The molecule has 0 aliphatic rings. The molecule has 9 heteroatoms. The molecule has 220 valence electrons. The van der Waals surface area contributed by atoms with Gasteiger partial charge in [-0.05, 0) is 66.2 Å². The predicted molar refractivity (Wildman–Crippen MR) is 183 cm³/mol. The Kier molecular flexibility index (Phi) is 8.05. The van der Waals surface area contributed by atoms with Gasteiger partial charge in [0.25, 0.3) is 0 Å². The molecule has 45 heavy (non-hydrogen) atoms. The molecule has 7 rings (SSSR count). The van der Waals surface area contributed by atoms with E-state index in [1.54, 1.807) is 7.11 Å². The van der Waals surface area contributed by atoms with E-state index in [0.717, 1.165) is 50.1 Å². The molecule has 0 radical (unpaired) electrons. The van der Waals surface area contributed by atoms with Gasteiger partial charge in [0.05, 0.1) is 24.0 Å². The Morgan fingerprint density at radius 1 is 0.600 bits per heavy atom. The highest BCUT2D eigenvalue weighted by Gasteiger charge is 2.23. The normalized spacial score (nSPS) is 11.6. The number of rotatable bonds is 7. The third kappa shape index (κ3) is 5.93. The van der Waals surface area contributed by atoms with E-state index in [4.69, 9.17) is 43.1 Å². The molecule has 2 heterocycles. The van der Waals surface area contributed by atoms with Crippen LogP contribution in [0.15, 0.2) is 138 Å². The molecule has 0 aliphatic heterocycles. The second kappa shape index (κ2) is 12.6. The van der Waals surface area contributed by atoms with Crippen molar-refractivity contribution < 1.29 is 4.74 Å². The monoisotopic (exact) mass is 645 g/mol. The summed E-state index contributed by atoms with van der Waals surface area (Å²) in [6.07, 6.45) is 0. The van der Waals surface area contributed by atoms with Gasteiger partial charge in [-0.25, -0.2) is 9.36 Å². The lowest BCUT2D eigenvalue weighted by molar-refractivity contribution is 0.415. The second-order valence-corrected chi connectivity index (χ2v) is 11.9. The fraction of sp³-hybridized carbons (Fsp3) is 0.0278. The van der Waals surface area contributed by atoms with Crippen molar-refractivity contribution >= 4 is 40.4 Å².